The molecule has 0 spiro atoms. The Balaban J connectivity index is 0.000000201. The fourth-order valence-electron chi connectivity index (χ4n) is 5.62. The number of nitrogens with zero attached hydrogens (tertiary/aromatic N) is 3. The third-order valence-corrected chi connectivity index (χ3v) is 7.65. The summed E-state index contributed by atoms with van der Waals surface area (Å²) in [5.74, 6) is 0.264. The molecule has 7 rings (SSSR count). The van der Waals surface area contributed by atoms with Gasteiger partial charge in [-0.25, -0.2) is 0 Å². The number of anilines is 1. The summed E-state index contributed by atoms with van der Waals surface area (Å²) in [5, 5.41) is 11.8. The van der Waals surface area contributed by atoms with Gasteiger partial charge in [0.2, 0.25) is 0 Å². The SMILES string of the molecule is CN(Cc1ccccc1)c1ccc2c3c(ccc2c1)C1=C(CCC=C1)CC3=O.N#Cc1cnc2ccccc2c1. The van der Waals surface area contributed by atoms with Crippen LogP contribution in [0.1, 0.15) is 46.3 Å². The van der Waals surface area contributed by atoms with E-state index in [9.17, 15) is 4.79 Å². The van der Waals surface area contributed by atoms with Gasteiger partial charge in [0, 0.05) is 42.8 Å². The summed E-state index contributed by atoms with van der Waals surface area (Å²) in [6.07, 6.45) is 8.65. The monoisotopic (exact) mass is 519 g/mol. The molecule has 0 unspecified atom stereocenters. The number of fused-ring (bicyclic) bond motifs is 5. The highest BCUT2D eigenvalue weighted by Crippen LogP contribution is 2.40. The van der Waals surface area contributed by atoms with Crippen molar-refractivity contribution < 1.29 is 4.79 Å². The number of para-hydroxylation sites is 1. The van der Waals surface area contributed by atoms with E-state index in [1.807, 2.05) is 36.4 Å². The fourth-order valence-corrected chi connectivity index (χ4v) is 5.62. The van der Waals surface area contributed by atoms with Crippen molar-refractivity contribution in [3.05, 3.63) is 137 Å². The molecule has 5 aromatic rings. The van der Waals surface area contributed by atoms with Crippen molar-refractivity contribution in [3.8, 4) is 6.07 Å². The number of allylic oxidation sites excluding steroid dienone is 4. The Kier molecular flexibility index (Phi) is 6.95. The fraction of sp³-hybridized carbons (Fsp3) is 0.139. The Labute approximate surface area is 234 Å². The number of hydrogen-bond acceptors (Lipinski definition) is 4. The van der Waals surface area contributed by atoms with Gasteiger partial charge in [-0.05, 0) is 64.6 Å². The van der Waals surface area contributed by atoms with Crippen molar-refractivity contribution in [1.82, 2.24) is 4.98 Å². The molecule has 0 N–H and O–H groups in total. The van der Waals surface area contributed by atoms with E-state index in [4.69, 9.17) is 5.26 Å². The molecule has 2 aliphatic rings. The van der Waals surface area contributed by atoms with Crippen molar-refractivity contribution in [2.75, 3.05) is 11.9 Å². The summed E-state index contributed by atoms with van der Waals surface area (Å²) in [4.78, 5) is 19.3. The van der Waals surface area contributed by atoms with Crippen molar-refractivity contribution >= 4 is 38.7 Å². The Hall–Kier alpha value is -5.01. The van der Waals surface area contributed by atoms with Crippen LogP contribution in [0.5, 0.6) is 0 Å². The van der Waals surface area contributed by atoms with Crippen LogP contribution < -0.4 is 4.90 Å². The molecule has 4 heteroatoms. The summed E-state index contributed by atoms with van der Waals surface area (Å²) in [5.41, 5.74) is 8.57. The van der Waals surface area contributed by atoms with Gasteiger partial charge < -0.3 is 4.90 Å². The van der Waals surface area contributed by atoms with Crippen LogP contribution in [0.25, 0.3) is 27.2 Å². The molecule has 0 atom stereocenters. The van der Waals surface area contributed by atoms with Crippen molar-refractivity contribution in [1.29, 1.82) is 5.26 Å². The molecule has 0 radical (unpaired) electrons. The van der Waals surface area contributed by atoms with Gasteiger partial charge in [0.1, 0.15) is 6.07 Å². The van der Waals surface area contributed by atoms with Crippen LogP contribution in [-0.2, 0) is 6.54 Å². The van der Waals surface area contributed by atoms with Gasteiger partial charge in [-0.3, -0.25) is 9.78 Å². The lowest BCUT2D eigenvalue weighted by Gasteiger charge is -2.25. The van der Waals surface area contributed by atoms with E-state index in [-0.39, 0.29) is 5.78 Å². The summed E-state index contributed by atoms with van der Waals surface area (Å²) in [6.45, 7) is 0.858. The molecule has 194 valence electrons. The van der Waals surface area contributed by atoms with E-state index in [2.05, 4.69) is 89.8 Å². The number of hydrogen-bond donors (Lipinski definition) is 0. The van der Waals surface area contributed by atoms with E-state index in [1.165, 1.54) is 16.7 Å². The highest BCUT2D eigenvalue weighted by Gasteiger charge is 2.26. The van der Waals surface area contributed by atoms with E-state index in [0.717, 1.165) is 57.9 Å². The molecule has 0 saturated carbocycles. The average molecular weight is 520 g/mol. The predicted octanol–water partition coefficient (Wildman–Crippen LogP) is 8.27. The third kappa shape index (κ3) is 5.02. The first-order valence-corrected chi connectivity index (χ1v) is 13.6. The maximum absolute atomic E-state index is 12.9. The van der Waals surface area contributed by atoms with Crippen LogP contribution in [0.3, 0.4) is 0 Å². The number of rotatable bonds is 3. The predicted molar refractivity (Wildman–Crippen MR) is 163 cm³/mol. The molecule has 0 aliphatic heterocycles. The van der Waals surface area contributed by atoms with E-state index < -0.39 is 0 Å². The highest BCUT2D eigenvalue weighted by atomic mass is 16.1. The first kappa shape index (κ1) is 25.3. The molecular weight excluding hydrogens is 490 g/mol. The van der Waals surface area contributed by atoms with Gasteiger partial charge in [0.05, 0.1) is 11.1 Å². The summed E-state index contributed by atoms with van der Waals surface area (Å²) in [7, 11) is 2.11. The largest absolute Gasteiger partial charge is 0.370 e. The molecule has 4 nitrogen and oxygen atoms in total. The maximum atomic E-state index is 12.9. The first-order valence-electron chi connectivity index (χ1n) is 13.6. The molecule has 1 heterocycles. The Morgan fingerprint density at radius 2 is 1.75 bits per heavy atom. The lowest BCUT2D eigenvalue weighted by molar-refractivity contribution is 0.0992. The molecule has 4 aromatic carbocycles. The van der Waals surface area contributed by atoms with Gasteiger partial charge in [-0.15, -0.1) is 0 Å². The van der Waals surface area contributed by atoms with Gasteiger partial charge in [0.15, 0.2) is 5.78 Å². The number of carbonyl (C=O) groups is 1. The third-order valence-electron chi connectivity index (χ3n) is 7.65. The zero-order chi connectivity index (χ0) is 27.5. The van der Waals surface area contributed by atoms with E-state index in [1.54, 1.807) is 6.20 Å². The minimum absolute atomic E-state index is 0.264. The number of carbonyl (C=O) groups excluding carboxylic acids is 1. The number of Topliss-reactive ketones (excluding diaryl/α,β-unsaturated/α-hetero) is 1. The Bertz CT molecular complexity index is 1840. The molecule has 0 fully saturated rings. The Morgan fingerprint density at radius 3 is 2.60 bits per heavy atom. The van der Waals surface area contributed by atoms with Crippen LogP contribution in [0.15, 0.2) is 115 Å². The second-order valence-corrected chi connectivity index (χ2v) is 10.3. The van der Waals surface area contributed by atoms with Crippen molar-refractivity contribution in [2.45, 2.75) is 25.8 Å². The second kappa shape index (κ2) is 11.0. The number of aromatic nitrogens is 1. The van der Waals surface area contributed by atoms with Crippen molar-refractivity contribution in [3.63, 3.8) is 0 Å². The van der Waals surface area contributed by atoms with Crippen molar-refractivity contribution in [2.24, 2.45) is 0 Å². The summed E-state index contributed by atoms with van der Waals surface area (Å²) in [6, 6.07) is 32.9. The molecule has 0 saturated heterocycles. The lowest BCUT2D eigenvalue weighted by atomic mass is 9.79. The molecule has 1 aromatic heterocycles. The standard InChI is InChI=1S/C26H23NO.C10H6N2/c1-27(17-18-7-3-2-4-8-18)21-12-14-23-20(15-21)11-13-24-22-10-6-5-9-19(22)16-25(28)26(23)24;11-6-8-5-9-3-1-2-4-10(9)12-7-8/h2-4,6-8,10-15H,5,9,16-17H2,1H3;1-5,7H. The smallest absolute Gasteiger partial charge is 0.168 e. The van der Waals surface area contributed by atoms with E-state index >= 15 is 0 Å². The van der Waals surface area contributed by atoms with Gasteiger partial charge in [-0.1, -0.05) is 84.5 Å². The van der Waals surface area contributed by atoms with Crippen LogP contribution in [0.2, 0.25) is 0 Å². The molecule has 0 amide bonds. The minimum atomic E-state index is 0.264. The average Bonchev–Trinajstić information content (AvgIpc) is 3.01. The molecule has 2 aliphatic carbocycles. The number of nitriles is 1. The Morgan fingerprint density at radius 1 is 0.925 bits per heavy atom. The highest BCUT2D eigenvalue weighted by molar-refractivity contribution is 6.16. The summed E-state index contributed by atoms with van der Waals surface area (Å²) < 4.78 is 0. The second-order valence-electron chi connectivity index (χ2n) is 10.3. The maximum Gasteiger partial charge on any atom is 0.168 e. The van der Waals surface area contributed by atoms with Crippen LogP contribution in [0.4, 0.5) is 5.69 Å². The normalized spacial score (nSPS) is 13.8. The minimum Gasteiger partial charge on any atom is -0.370 e. The van der Waals surface area contributed by atoms with Gasteiger partial charge in [-0.2, -0.15) is 5.26 Å². The topological polar surface area (TPSA) is 57.0 Å². The van der Waals surface area contributed by atoms with E-state index in [0.29, 0.717) is 12.0 Å². The molecular formula is C36H29N3O. The quantitative estimate of drug-likeness (QED) is 0.241. The van der Waals surface area contributed by atoms with Crippen LogP contribution >= 0.6 is 0 Å². The number of benzene rings is 4. The lowest BCUT2D eigenvalue weighted by Crippen LogP contribution is -2.16. The molecule has 40 heavy (non-hydrogen) atoms. The van der Waals surface area contributed by atoms with Gasteiger partial charge >= 0.3 is 0 Å². The number of pyridine rings is 1. The first-order chi connectivity index (χ1) is 19.6. The zero-order valence-electron chi connectivity index (χ0n) is 22.5. The zero-order valence-corrected chi connectivity index (χ0v) is 22.5. The molecule has 0 bridgehead atoms. The van der Waals surface area contributed by atoms with Crippen LogP contribution in [0, 0.1) is 11.3 Å². The van der Waals surface area contributed by atoms with Gasteiger partial charge in [0.25, 0.3) is 0 Å². The van der Waals surface area contributed by atoms with Crippen LogP contribution in [-0.4, -0.2) is 17.8 Å². The number of ketones is 1. The summed E-state index contributed by atoms with van der Waals surface area (Å²) >= 11 is 0.